The average molecular weight is 471 g/mol. The lowest BCUT2D eigenvalue weighted by atomic mass is 9.73. The third-order valence-electron chi connectivity index (χ3n) is 8.98. The molecule has 0 rings (SSSR count). The maximum Gasteiger partial charge on any atom is 0.103 e. The van der Waals surface area contributed by atoms with Crippen molar-refractivity contribution in [2.24, 2.45) is 0 Å². The molecule has 0 amide bonds. The Kier molecular flexibility index (Phi) is 13.7. The molecule has 0 aliphatic rings. The van der Waals surface area contributed by atoms with E-state index in [0.717, 1.165) is 64.5 Å². The standard InChI is InChI=1S/C28H62N4O/c1-15-23-31(13)27(21-7,29(9)10)25(17-3,18-4)33-26(19-5,20-6)28(22-8,30(11)12)32(14)24-16-2/h15-24H2,1-14H3. The number of ether oxygens (including phenoxy) is 1. The molecule has 0 N–H and O–H groups in total. The summed E-state index contributed by atoms with van der Waals surface area (Å²) >= 11 is 0. The Bertz CT molecular complexity index is 484. The van der Waals surface area contributed by atoms with Crippen LogP contribution in [0.25, 0.3) is 0 Å². The Morgan fingerprint density at radius 2 is 0.727 bits per heavy atom. The lowest BCUT2D eigenvalue weighted by Crippen LogP contribution is -2.77. The van der Waals surface area contributed by atoms with Crippen molar-refractivity contribution in [3.63, 3.8) is 0 Å². The maximum atomic E-state index is 7.83. The molecule has 0 heterocycles. The first-order chi connectivity index (χ1) is 15.4. The van der Waals surface area contributed by atoms with E-state index in [1.807, 2.05) is 0 Å². The summed E-state index contributed by atoms with van der Waals surface area (Å²) in [6, 6.07) is 0. The van der Waals surface area contributed by atoms with Crippen LogP contribution in [0.5, 0.6) is 0 Å². The first-order valence-corrected chi connectivity index (χ1v) is 13.9. The van der Waals surface area contributed by atoms with Crippen LogP contribution in [-0.2, 0) is 4.74 Å². The van der Waals surface area contributed by atoms with Gasteiger partial charge in [0.1, 0.15) is 22.5 Å². The van der Waals surface area contributed by atoms with Gasteiger partial charge in [-0.15, -0.1) is 0 Å². The van der Waals surface area contributed by atoms with Crippen LogP contribution in [-0.4, -0.2) is 97.5 Å². The fourth-order valence-electron chi connectivity index (χ4n) is 7.51. The van der Waals surface area contributed by atoms with Gasteiger partial charge in [0.2, 0.25) is 0 Å². The fourth-order valence-corrected chi connectivity index (χ4v) is 7.51. The zero-order valence-electron chi connectivity index (χ0n) is 25.3. The van der Waals surface area contributed by atoms with Crippen molar-refractivity contribution in [1.29, 1.82) is 0 Å². The van der Waals surface area contributed by atoms with Gasteiger partial charge in [0, 0.05) is 0 Å². The van der Waals surface area contributed by atoms with Gasteiger partial charge in [-0.3, -0.25) is 19.6 Å². The number of rotatable bonds is 18. The summed E-state index contributed by atoms with van der Waals surface area (Å²) in [4.78, 5) is 10.1. The van der Waals surface area contributed by atoms with E-state index >= 15 is 0 Å². The van der Waals surface area contributed by atoms with E-state index in [0.29, 0.717) is 0 Å². The zero-order chi connectivity index (χ0) is 26.1. The topological polar surface area (TPSA) is 22.2 Å². The van der Waals surface area contributed by atoms with E-state index in [4.69, 9.17) is 4.74 Å². The molecule has 2 atom stereocenters. The van der Waals surface area contributed by atoms with Crippen molar-refractivity contribution in [2.45, 2.75) is 129 Å². The highest BCUT2D eigenvalue weighted by Crippen LogP contribution is 2.50. The first-order valence-electron chi connectivity index (χ1n) is 13.9. The smallest absolute Gasteiger partial charge is 0.103 e. The highest BCUT2D eigenvalue weighted by atomic mass is 16.5. The normalized spacial score (nSPS) is 17.3. The Labute approximate surface area is 209 Å². The number of likely N-dealkylation sites (N-methyl/N-ethyl adjacent to an activating group) is 4. The van der Waals surface area contributed by atoms with Crippen LogP contribution in [0, 0.1) is 0 Å². The molecule has 0 fully saturated rings. The van der Waals surface area contributed by atoms with Crippen molar-refractivity contribution in [1.82, 2.24) is 19.6 Å². The minimum absolute atomic E-state index is 0.183. The minimum atomic E-state index is -0.301. The molecule has 0 aromatic heterocycles. The van der Waals surface area contributed by atoms with Crippen LogP contribution in [0.3, 0.4) is 0 Å². The zero-order valence-corrected chi connectivity index (χ0v) is 25.3. The van der Waals surface area contributed by atoms with Crippen LogP contribution >= 0.6 is 0 Å². The largest absolute Gasteiger partial charge is 0.362 e. The van der Waals surface area contributed by atoms with Crippen molar-refractivity contribution < 1.29 is 4.74 Å². The van der Waals surface area contributed by atoms with E-state index in [9.17, 15) is 0 Å². The molecule has 0 aliphatic heterocycles. The molecule has 0 radical (unpaired) electrons. The minimum Gasteiger partial charge on any atom is -0.362 e. The predicted octanol–water partition coefficient (Wildman–Crippen LogP) is 6.14. The lowest BCUT2D eigenvalue weighted by molar-refractivity contribution is -0.306. The maximum absolute atomic E-state index is 7.83. The summed E-state index contributed by atoms with van der Waals surface area (Å²) in [7, 11) is 13.6. The molecule has 0 saturated carbocycles. The van der Waals surface area contributed by atoms with Crippen LogP contribution in [0.15, 0.2) is 0 Å². The molecule has 0 bridgehead atoms. The molecule has 5 nitrogen and oxygen atoms in total. The van der Waals surface area contributed by atoms with E-state index in [2.05, 4.69) is 117 Å². The molecular weight excluding hydrogens is 408 g/mol. The van der Waals surface area contributed by atoms with Crippen molar-refractivity contribution in [3.8, 4) is 0 Å². The van der Waals surface area contributed by atoms with Gasteiger partial charge >= 0.3 is 0 Å². The molecule has 0 aromatic rings. The van der Waals surface area contributed by atoms with E-state index in [1.54, 1.807) is 0 Å². The molecule has 0 spiro atoms. The molecule has 2 unspecified atom stereocenters. The monoisotopic (exact) mass is 470 g/mol. The van der Waals surface area contributed by atoms with Crippen LogP contribution in [0.4, 0.5) is 0 Å². The Morgan fingerprint density at radius 3 is 0.879 bits per heavy atom. The second-order valence-corrected chi connectivity index (χ2v) is 10.5. The third-order valence-corrected chi connectivity index (χ3v) is 8.98. The predicted molar refractivity (Wildman–Crippen MR) is 147 cm³/mol. The van der Waals surface area contributed by atoms with Crippen molar-refractivity contribution in [2.75, 3.05) is 55.4 Å². The van der Waals surface area contributed by atoms with Crippen LogP contribution < -0.4 is 0 Å². The average Bonchev–Trinajstić information content (AvgIpc) is 2.78. The second kappa shape index (κ2) is 13.8. The van der Waals surface area contributed by atoms with Gasteiger partial charge < -0.3 is 4.74 Å². The lowest BCUT2D eigenvalue weighted by Gasteiger charge is -2.65. The van der Waals surface area contributed by atoms with Gasteiger partial charge in [-0.05, 0) is 107 Å². The summed E-state index contributed by atoms with van der Waals surface area (Å²) in [5.74, 6) is 0. The first kappa shape index (κ1) is 32.8. The summed E-state index contributed by atoms with van der Waals surface area (Å²) in [6.07, 6.45) is 8.25. The fraction of sp³-hybridized carbons (Fsp3) is 1.00. The molecule has 33 heavy (non-hydrogen) atoms. The van der Waals surface area contributed by atoms with Crippen molar-refractivity contribution in [3.05, 3.63) is 0 Å². The summed E-state index contributed by atoms with van der Waals surface area (Å²) < 4.78 is 7.83. The Balaban J connectivity index is 7.23. The highest BCUT2D eigenvalue weighted by Gasteiger charge is 2.61. The van der Waals surface area contributed by atoms with Gasteiger partial charge in [-0.2, -0.15) is 0 Å². The Morgan fingerprint density at radius 1 is 0.455 bits per heavy atom. The molecule has 0 saturated heterocycles. The van der Waals surface area contributed by atoms with Gasteiger partial charge in [-0.1, -0.05) is 55.4 Å². The van der Waals surface area contributed by atoms with Gasteiger partial charge in [0.25, 0.3) is 0 Å². The van der Waals surface area contributed by atoms with E-state index < -0.39 is 0 Å². The van der Waals surface area contributed by atoms with Gasteiger partial charge in [0.15, 0.2) is 0 Å². The molecular formula is C28H62N4O. The quantitative estimate of drug-likeness (QED) is 0.224. The van der Waals surface area contributed by atoms with Gasteiger partial charge in [0.05, 0.1) is 0 Å². The molecule has 0 aliphatic carbocycles. The van der Waals surface area contributed by atoms with E-state index in [-0.39, 0.29) is 22.5 Å². The summed E-state index contributed by atoms with van der Waals surface area (Å²) in [5.41, 5.74) is -0.968. The number of hydrogen-bond acceptors (Lipinski definition) is 5. The van der Waals surface area contributed by atoms with Gasteiger partial charge in [-0.25, -0.2) is 0 Å². The molecule has 0 aromatic carbocycles. The number of hydrogen-bond donors (Lipinski definition) is 0. The molecule has 5 heteroatoms. The van der Waals surface area contributed by atoms with E-state index in [1.165, 1.54) is 0 Å². The van der Waals surface area contributed by atoms with Crippen molar-refractivity contribution >= 4 is 0 Å². The second-order valence-electron chi connectivity index (χ2n) is 10.5. The molecule has 200 valence electrons. The summed E-state index contributed by atoms with van der Waals surface area (Å²) in [5, 5.41) is 0. The number of nitrogens with zero attached hydrogens (tertiary/aromatic N) is 4. The highest BCUT2D eigenvalue weighted by molar-refractivity contribution is 5.11. The van der Waals surface area contributed by atoms with Crippen LogP contribution in [0.2, 0.25) is 0 Å². The SMILES string of the molecule is CCCN(C)C(CC)(N(C)C)C(CC)(CC)OC(CC)(CC)C(CC)(N(C)C)N(C)CCC. The Hall–Kier alpha value is -0.200. The summed E-state index contributed by atoms with van der Waals surface area (Å²) in [6.45, 7) is 20.7. The third kappa shape index (κ3) is 5.48. The van der Waals surface area contributed by atoms with Crippen LogP contribution in [0.1, 0.15) is 107 Å².